The topological polar surface area (TPSA) is 51.5 Å². The van der Waals surface area contributed by atoms with E-state index in [-0.39, 0.29) is 23.5 Å². The van der Waals surface area contributed by atoms with E-state index in [0.717, 1.165) is 0 Å². The van der Waals surface area contributed by atoms with E-state index in [1.165, 1.54) is 12.1 Å². The molecular weight excluding hydrogens is 252 g/mol. The first-order valence-electron chi connectivity index (χ1n) is 5.02. The number of rotatable bonds is 5. The number of halogens is 2. The van der Waals surface area contributed by atoms with Crippen LogP contribution in [0.3, 0.4) is 0 Å². The van der Waals surface area contributed by atoms with Crippen molar-refractivity contribution in [2.45, 2.75) is 17.6 Å². The number of amides is 1. The van der Waals surface area contributed by atoms with Gasteiger partial charge in [0.05, 0.1) is 25.0 Å². The summed E-state index contributed by atoms with van der Waals surface area (Å²) in [5.41, 5.74) is 0. The zero-order valence-electron chi connectivity index (χ0n) is 8.82. The SMILES string of the molecule is O=C(NC1COC1)c1ccc(CSC(F)F)o1. The predicted octanol–water partition coefficient (Wildman–Crippen LogP) is 1.86. The summed E-state index contributed by atoms with van der Waals surface area (Å²) in [5.74, 6) is -2.22. The summed E-state index contributed by atoms with van der Waals surface area (Å²) in [6.45, 7) is 1.00. The minimum Gasteiger partial charge on any atom is -0.455 e. The van der Waals surface area contributed by atoms with E-state index >= 15 is 0 Å². The second kappa shape index (κ2) is 5.50. The molecule has 0 bridgehead atoms. The average molecular weight is 263 g/mol. The van der Waals surface area contributed by atoms with E-state index in [2.05, 4.69) is 5.32 Å². The minimum atomic E-state index is -2.44. The van der Waals surface area contributed by atoms with Gasteiger partial charge in [-0.05, 0) is 12.1 Å². The second-order valence-corrected chi connectivity index (χ2v) is 4.52. The summed E-state index contributed by atoms with van der Waals surface area (Å²) in [5, 5.41) is 2.70. The Morgan fingerprint density at radius 2 is 2.29 bits per heavy atom. The molecular formula is C10H11F2NO3S. The van der Waals surface area contributed by atoms with Gasteiger partial charge in [0.2, 0.25) is 0 Å². The van der Waals surface area contributed by atoms with Gasteiger partial charge in [0, 0.05) is 0 Å². The molecule has 2 rings (SSSR count). The van der Waals surface area contributed by atoms with Gasteiger partial charge in [-0.25, -0.2) is 0 Å². The third kappa shape index (κ3) is 3.44. The third-order valence-electron chi connectivity index (χ3n) is 2.21. The van der Waals surface area contributed by atoms with Crippen molar-refractivity contribution in [1.29, 1.82) is 0 Å². The van der Waals surface area contributed by atoms with E-state index in [1.807, 2.05) is 0 Å². The lowest BCUT2D eigenvalue weighted by molar-refractivity contribution is -0.00391. The van der Waals surface area contributed by atoms with Crippen molar-refractivity contribution in [2.24, 2.45) is 0 Å². The monoisotopic (exact) mass is 263 g/mol. The molecule has 4 nitrogen and oxygen atoms in total. The molecule has 1 aromatic rings. The number of ether oxygens (including phenoxy) is 1. The predicted molar refractivity (Wildman–Crippen MR) is 58.1 cm³/mol. The highest BCUT2D eigenvalue weighted by Crippen LogP contribution is 2.21. The Morgan fingerprint density at radius 3 is 2.88 bits per heavy atom. The van der Waals surface area contributed by atoms with Crippen molar-refractivity contribution in [3.63, 3.8) is 0 Å². The summed E-state index contributed by atoms with van der Waals surface area (Å²) < 4.78 is 33.9. The molecule has 0 aliphatic carbocycles. The summed E-state index contributed by atoms with van der Waals surface area (Å²) in [6.07, 6.45) is 0. The van der Waals surface area contributed by atoms with Crippen molar-refractivity contribution < 1.29 is 22.7 Å². The normalized spacial score (nSPS) is 15.9. The van der Waals surface area contributed by atoms with Crippen LogP contribution in [-0.2, 0) is 10.5 Å². The average Bonchev–Trinajstić information content (AvgIpc) is 2.69. The lowest BCUT2D eigenvalue weighted by Crippen LogP contribution is -2.48. The number of hydrogen-bond acceptors (Lipinski definition) is 4. The van der Waals surface area contributed by atoms with Crippen LogP contribution < -0.4 is 5.32 Å². The third-order valence-corrected chi connectivity index (χ3v) is 2.91. The summed E-state index contributed by atoms with van der Waals surface area (Å²) in [4.78, 5) is 11.6. The highest BCUT2D eigenvalue weighted by atomic mass is 32.2. The van der Waals surface area contributed by atoms with Crippen LogP contribution in [0.5, 0.6) is 0 Å². The van der Waals surface area contributed by atoms with Gasteiger partial charge in [-0.15, -0.1) is 0 Å². The summed E-state index contributed by atoms with van der Waals surface area (Å²) in [6, 6.07) is 3.03. The highest BCUT2D eigenvalue weighted by molar-refractivity contribution is 7.98. The van der Waals surface area contributed by atoms with Crippen molar-refractivity contribution in [3.05, 3.63) is 23.7 Å². The number of carbonyl (C=O) groups excluding carboxylic acids is 1. The van der Waals surface area contributed by atoms with Crippen LogP contribution >= 0.6 is 11.8 Å². The van der Waals surface area contributed by atoms with Crippen molar-refractivity contribution in [1.82, 2.24) is 5.32 Å². The van der Waals surface area contributed by atoms with Crippen LogP contribution in [0.4, 0.5) is 8.78 Å². The van der Waals surface area contributed by atoms with Gasteiger partial charge < -0.3 is 14.5 Å². The fourth-order valence-electron chi connectivity index (χ4n) is 1.30. The molecule has 1 amide bonds. The zero-order chi connectivity index (χ0) is 12.3. The fourth-order valence-corrected chi connectivity index (χ4v) is 1.74. The number of nitrogens with one attached hydrogen (secondary N) is 1. The number of hydrogen-bond donors (Lipinski definition) is 1. The van der Waals surface area contributed by atoms with Crippen molar-refractivity contribution >= 4 is 17.7 Å². The lowest BCUT2D eigenvalue weighted by Gasteiger charge is -2.26. The smallest absolute Gasteiger partial charge is 0.287 e. The van der Waals surface area contributed by atoms with E-state index in [4.69, 9.17) is 9.15 Å². The molecule has 1 aromatic heterocycles. The Hall–Kier alpha value is -1.08. The fraction of sp³-hybridized carbons (Fsp3) is 0.500. The molecule has 0 saturated carbocycles. The quantitative estimate of drug-likeness (QED) is 0.881. The van der Waals surface area contributed by atoms with E-state index in [0.29, 0.717) is 30.7 Å². The largest absolute Gasteiger partial charge is 0.455 e. The Morgan fingerprint density at radius 1 is 1.53 bits per heavy atom. The molecule has 94 valence electrons. The number of furan rings is 1. The van der Waals surface area contributed by atoms with Crippen LogP contribution in [0.1, 0.15) is 16.3 Å². The highest BCUT2D eigenvalue weighted by Gasteiger charge is 2.22. The molecule has 0 atom stereocenters. The summed E-state index contributed by atoms with van der Waals surface area (Å²) in [7, 11) is 0. The van der Waals surface area contributed by atoms with Crippen LogP contribution in [0.15, 0.2) is 16.5 Å². The van der Waals surface area contributed by atoms with Gasteiger partial charge in [0.15, 0.2) is 5.76 Å². The molecule has 0 unspecified atom stereocenters. The second-order valence-electron chi connectivity index (χ2n) is 3.55. The minimum absolute atomic E-state index is 0.0199. The van der Waals surface area contributed by atoms with Crippen molar-refractivity contribution in [2.75, 3.05) is 13.2 Å². The first-order valence-corrected chi connectivity index (χ1v) is 6.07. The standard InChI is InChI=1S/C10H11F2NO3S/c11-10(12)17-5-7-1-2-8(16-7)9(14)13-6-3-15-4-6/h1-2,6,10H,3-5H2,(H,13,14). The van der Waals surface area contributed by atoms with E-state index in [9.17, 15) is 13.6 Å². The molecule has 7 heteroatoms. The molecule has 17 heavy (non-hydrogen) atoms. The van der Waals surface area contributed by atoms with Crippen molar-refractivity contribution in [3.8, 4) is 0 Å². The van der Waals surface area contributed by atoms with Gasteiger partial charge in [-0.3, -0.25) is 4.79 Å². The molecule has 0 spiro atoms. The Bertz CT molecular complexity index is 393. The molecule has 0 aromatic carbocycles. The molecule has 1 aliphatic rings. The Labute approximate surface area is 101 Å². The molecule has 1 saturated heterocycles. The lowest BCUT2D eigenvalue weighted by atomic mass is 10.2. The first-order chi connectivity index (χ1) is 8.15. The molecule has 1 N–H and O–H groups in total. The van der Waals surface area contributed by atoms with E-state index < -0.39 is 5.76 Å². The van der Waals surface area contributed by atoms with Crippen LogP contribution in [0.2, 0.25) is 0 Å². The van der Waals surface area contributed by atoms with Gasteiger partial charge in [-0.1, -0.05) is 11.8 Å². The molecule has 1 aliphatic heterocycles. The molecule has 2 heterocycles. The maximum atomic E-state index is 11.9. The van der Waals surface area contributed by atoms with Gasteiger partial charge >= 0.3 is 0 Å². The number of thioether (sulfide) groups is 1. The molecule has 1 fully saturated rings. The number of alkyl halides is 2. The van der Waals surface area contributed by atoms with Gasteiger partial charge in [0.1, 0.15) is 5.76 Å². The first kappa shape index (κ1) is 12.4. The van der Waals surface area contributed by atoms with Gasteiger partial charge in [-0.2, -0.15) is 8.78 Å². The Balaban J connectivity index is 1.85. The maximum absolute atomic E-state index is 11.9. The van der Waals surface area contributed by atoms with Crippen LogP contribution in [-0.4, -0.2) is 30.9 Å². The van der Waals surface area contributed by atoms with E-state index in [1.54, 1.807) is 0 Å². The van der Waals surface area contributed by atoms with Crippen LogP contribution in [0.25, 0.3) is 0 Å². The Kier molecular flexibility index (Phi) is 4.01. The molecule has 0 radical (unpaired) electrons. The summed E-state index contributed by atoms with van der Waals surface area (Å²) >= 11 is 0.460. The van der Waals surface area contributed by atoms with Crippen LogP contribution in [0, 0.1) is 0 Å². The van der Waals surface area contributed by atoms with Gasteiger partial charge in [0.25, 0.3) is 11.7 Å². The zero-order valence-corrected chi connectivity index (χ0v) is 9.64. The number of carbonyl (C=O) groups is 1. The maximum Gasteiger partial charge on any atom is 0.287 e.